The molecular formula is C24H29N3O5S. The van der Waals surface area contributed by atoms with Gasteiger partial charge in [-0.05, 0) is 44.9 Å². The molecule has 1 heterocycles. The third-order valence-corrected chi connectivity index (χ3v) is 7.36. The number of hydrogen-bond donors (Lipinski definition) is 1. The summed E-state index contributed by atoms with van der Waals surface area (Å²) in [6, 6.07) is 14.7. The molecule has 2 aromatic carbocycles. The van der Waals surface area contributed by atoms with Crippen LogP contribution in [0.15, 0.2) is 59.5 Å². The van der Waals surface area contributed by atoms with Crippen LogP contribution in [0.4, 0.5) is 0 Å². The minimum Gasteiger partial charge on any atom is -0.352 e. The van der Waals surface area contributed by atoms with Crippen LogP contribution in [0.5, 0.6) is 0 Å². The number of hydrogen-bond acceptors (Lipinski definition) is 5. The van der Waals surface area contributed by atoms with Crippen molar-refractivity contribution in [3.63, 3.8) is 0 Å². The van der Waals surface area contributed by atoms with Gasteiger partial charge < -0.3 is 10.2 Å². The van der Waals surface area contributed by atoms with Crippen molar-refractivity contribution in [3.8, 4) is 0 Å². The second-order valence-electron chi connectivity index (χ2n) is 8.29. The minimum absolute atomic E-state index is 0.0481. The van der Waals surface area contributed by atoms with E-state index in [4.69, 9.17) is 0 Å². The summed E-state index contributed by atoms with van der Waals surface area (Å²) in [5.74, 6) is -1.32. The maximum atomic E-state index is 13.2. The molecule has 3 amide bonds. The predicted octanol–water partition coefficient (Wildman–Crippen LogP) is 2.21. The number of nitrogens with one attached hydrogen (secondary N) is 1. The van der Waals surface area contributed by atoms with Crippen LogP contribution in [-0.4, -0.2) is 60.5 Å². The first-order chi connectivity index (χ1) is 15.6. The Hall–Kier alpha value is -3.20. The third-order valence-electron chi connectivity index (χ3n) is 5.52. The Labute approximate surface area is 194 Å². The van der Waals surface area contributed by atoms with Gasteiger partial charge in [0, 0.05) is 25.6 Å². The normalized spacial score (nSPS) is 15.3. The fourth-order valence-electron chi connectivity index (χ4n) is 3.77. The highest BCUT2D eigenvalue weighted by molar-refractivity contribution is 7.90. The zero-order valence-corrected chi connectivity index (χ0v) is 19.8. The number of sulfonamides is 1. The number of benzene rings is 2. The molecule has 3 rings (SSSR count). The Morgan fingerprint density at radius 3 is 2.27 bits per heavy atom. The van der Waals surface area contributed by atoms with Crippen molar-refractivity contribution >= 4 is 27.7 Å². The number of rotatable bonds is 9. The van der Waals surface area contributed by atoms with Gasteiger partial charge in [-0.25, -0.2) is 12.7 Å². The minimum atomic E-state index is -3.99. The van der Waals surface area contributed by atoms with Gasteiger partial charge in [0.1, 0.15) is 10.9 Å². The van der Waals surface area contributed by atoms with E-state index >= 15 is 0 Å². The van der Waals surface area contributed by atoms with Gasteiger partial charge in [0.25, 0.3) is 15.9 Å². The Kier molecular flexibility index (Phi) is 7.53. The van der Waals surface area contributed by atoms with Gasteiger partial charge in [-0.3, -0.25) is 14.4 Å². The second-order valence-corrected chi connectivity index (χ2v) is 10.1. The average Bonchev–Trinajstić information content (AvgIpc) is 2.98. The molecule has 0 aromatic heterocycles. The van der Waals surface area contributed by atoms with Crippen molar-refractivity contribution in [1.82, 2.24) is 14.5 Å². The van der Waals surface area contributed by atoms with E-state index in [0.29, 0.717) is 6.42 Å². The van der Waals surface area contributed by atoms with Crippen molar-refractivity contribution in [1.29, 1.82) is 0 Å². The van der Waals surface area contributed by atoms with Gasteiger partial charge in [-0.1, -0.05) is 42.5 Å². The fraction of sp³-hybridized carbons (Fsp3) is 0.375. The van der Waals surface area contributed by atoms with Crippen LogP contribution in [0.25, 0.3) is 0 Å². The number of carbonyl (C=O) groups excluding carboxylic acids is 3. The van der Waals surface area contributed by atoms with Crippen molar-refractivity contribution < 1.29 is 22.8 Å². The highest BCUT2D eigenvalue weighted by Gasteiger charge is 2.41. The van der Waals surface area contributed by atoms with E-state index in [9.17, 15) is 22.8 Å². The Morgan fingerprint density at radius 2 is 1.64 bits per heavy atom. The summed E-state index contributed by atoms with van der Waals surface area (Å²) in [4.78, 5) is 39.8. The molecule has 0 saturated carbocycles. The summed E-state index contributed by atoms with van der Waals surface area (Å²) in [5, 5.41) is 2.81. The number of nitrogens with zero attached hydrogens (tertiary/aromatic N) is 2. The SMILES string of the molecule is CC(C)NC(=O)[C@H](C)N(CCc1ccccc1)C(=O)CCN1C(=O)c2ccccc2S1(=O)=O. The molecule has 1 atom stereocenters. The zero-order valence-electron chi connectivity index (χ0n) is 19.0. The van der Waals surface area contributed by atoms with Crippen LogP contribution in [0.1, 0.15) is 43.1 Å². The topological polar surface area (TPSA) is 104 Å². The first kappa shape index (κ1) is 24.4. The number of fused-ring (bicyclic) bond motifs is 1. The molecule has 0 fully saturated rings. The molecule has 9 heteroatoms. The lowest BCUT2D eigenvalue weighted by atomic mass is 10.1. The molecule has 0 bridgehead atoms. The predicted molar refractivity (Wildman–Crippen MR) is 124 cm³/mol. The van der Waals surface area contributed by atoms with Gasteiger partial charge in [-0.2, -0.15) is 0 Å². The van der Waals surface area contributed by atoms with Crippen molar-refractivity contribution in [2.45, 2.75) is 50.6 Å². The standard InChI is InChI=1S/C24H29N3O5S/c1-17(2)25-23(29)18(3)26(15-13-19-9-5-4-6-10-19)22(28)14-16-27-24(30)20-11-7-8-12-21(20)33(27,31)32/h4-12,17-18H,13-16H2,1-3H3,(H,25,29)/t18-/m0/s1. The molecule has 0 radical (unpaired) electrons. The first-order valence-corrected chi connectivity index (χ1v) is 12.4. The fourth-order valence-corrected chi connectivity index (χ4v) is 5.34. The molecule has 0 spiro atoms. The third kappa shape index (κ3) is 5.42. The number of carbonyl (C=O) groups is 3. The monoisotopic (exact) mass is 471 g/mol. The van der Waals surface area contributed by atoms with Crippen molar-refractivity contribution in [2.75, 3.05) is 13.1 Å². The zero-order chi connectivity index (χ0) is 24.2. The molecule has 8 nitrogen and oxygen atoms in total. The van der Waals surface area contributed by atoms with E-state index in [2.05, 4.69) is 5.32 Å². The Morgan fingerprint density at radius 1 is 1.00 bits per heavy atom. The first-order valence-electron chi connectivity index (χ1n) is 10.9. The summed E-state index contributed by atoms with van der Waals surface area (Å²) >= 11 is 0. The van der Waals surface area contributed by atoms with E-state index in [-0.39, 0.29) is 41.9 Å². The van der Waals surface area contributed by atoms with Gasteiger partial charge in [0.05, 0.1) is 5.56 Å². The lowest BCUT2D eigenvalue weighted by Gasteiger charge is -2.30. The van der Waals surface area contributed by atoms with Crippen LogP contribution in [0.2, 0.25) is 0 Å². The van der Waals surface area contributed by atoms with Crippen LogP contribution in [0, 0.1) is 0 Å². The van der Waals surface area contributed by atoms with Crippen LogP contribution < -0.4 is 5.32 Å². The molecule has 1 N–H and O–H groups in total. The Bertz CT molecular complexity index is 1130. The van der Waals surface area contributed by atoms with Crippen molar-refractivity contribution in [3.05, 3.63) is 65.7 Å². The molecule has 0 unspecified atom stereocenters. The summed E-state index contributed by atoms with van der Waals surface area (Å²) in [7, 11) is -3.99. The highest BCUT2D eigenvalue weighted by Crippen LogP contribution is 2.30. The smallest absolute Gasteiger partial charge is 0.269 e. The maximum absolute atomic E-state index is 13.2. The molecule has 1 aliphatic heterocycles. The molecule has 0 saturated heterocycles. The quantitative estimate of drug-likeness (QED) is 0.604. The summed E-state index contributed by atoms with van der Waals surface area (Å²) < 4.78 is 26.3. The van der Waals surface area contributed by atoms with Crippen LogP contribution in [0.3, 0.4) is 0 Å². The lowest BCUT2D eigenvalue weighted by Crippen LogP contribution is -2.50. The molecule has 2 aromatic rings. The van der Waals surface area contributed by atoms with Gasteiger partial charge in [0.15, 0.2) is 0 Å². The molecule has 176 valence electrons. The average molecular weight is 472 g/mol. The summed E-state index contributed by atoms with van der Waals surface area (Å²) in [5.41, 5.74) is 1.12. The second kappa shape index (κ2) is 10.2. The highest BCUT2D eigenvalue weighted by atomic mass is 32.2. The van der Waals surface area contributed by atoms with E-state index in [1.807, 2.05) is 44.2 Å². The van der Waals surface area contributed by atoms with Crippen molar-refractivity contribution in [2.24, 2.45) is 0 Å². The van der Waals surface area contributed by atoms with E-state index in [1.165, 1.54) is 17.0 Å². The summed E-state index contributed by atoms with van der Waals surface area (Å²) in [6.45, 7) is 5.32. The molecule has 1 aliphatic rings. The Balaban J connectivity index is 1.74. The summed E-state index contributed by atoms with van der Waals surface area (Å²) in [6.07, 6.45) is 0.325. The maximum Gasteiger partial charge on any atom is 0.269 e. The van der Waals surface area contributed by atoms with Crippen LogP contribution in [-0.2, 0) is 26.0 Å². The molecule has 0 aliphatic carbocycles. The lowest BCUT2D eigenvalue weighted by molar-refractivity contribution is -0.140. The van der Waals surface area contributed by atoms with Gasteiger partial charge in [-0.15, -0.1) is 0 Å². The van der Waals surface area contributed by atoms with Gasteiger partial charge in [0.2, 0.25) is 11.8 Å². The number of amides is 3. The van der Waals surface area contributed by atoms with Gasteiger partial charge >= 0.3 is 0 Å². The largest absolute Gasteiger partial charge is 0.352 e. The van der Waals surface area contributed by atoms with E-state index in [0.717, 1.165) is 9.87 Å². The van der Waals surface area contributed by atoms with E-state index < -0.39 is 27.9 Å². The van der Waals surface area contributed by atoms with E-state index in [1.54, 1.807) is 19.1 Å². The van der Waals surface area contributed by atoms with Crippen LogP contribution >= 0.6 is 0 Å². The molecular weight excluding hydrogens is 442 g/mol. The molecule has 33 heavy (non-hydrogen) atoms.